The highest BCUT2D eigenvalue weighted by Crippen LogP contribution is 2.22. The quantitative estimate of drug-likeness (QED) is 0.794. The van der Waals surface area contributed by atoms with Gasteiger partial charge in [-0.2, -0.15) is 0 Å². The molecule has 0 aliphatic heterocycles. The first-order chi connectivity index (χ1) is 8.92. The van der Waals surface area contributed by atoms with Gasteiger partial charge in [0, 0.05) is 31.6 Å². The minimum absolute atomic E-state index is 0.0591. The highest BCUT2D eigenvalue weighted by molar-refractivity contribution is 9.11. The number of nitrogens with two attached hydrogens (primary N) is 1. The summed E-state index contributed by atoms with van der Waals surface area (Å²) in [6.07, 6.45) is 0.441. The monoisotopic (exact) mass is 347 g/mol. The Morgan fingerprint density at radius 1 is 1.58 bits per heavy atom. The van der Waals surface area contributed by atoms with Gasteiger partial charge in [0.1, 0.15) is 0 Å². The van der Waals surface area contributed by atoms with Gasteiger partial charge in [-0.05, 0) is 53.8 Å². The summed E-state index contributed by atoms with van der Waals surface area (Å²) >= 11 is 5.12. The van der Waals surface area contributed by atoms with Gasteiger partial charge in [0.05, 0.1) is 3.79 Å². The number of rotatable bonds is 7. The lowest BCUT2D eigenvalue weighted by molar-refractivity contribution is -0.122. The lowest BCUT2D eigenvalue weighted by atomic mass is 10.1. The predicted octanol–water partition coefficient (Wildman–Crippen LogP) is 2.18. The van der Waals surface area contributed by atoms with Crippen molar-refractivity contribution in [3.05, 3.63) is 20.8 Å². The molecule has 0 radical (unpaired) electrons. The van der Waals surface area contributed by atoms with Gasteiger partial charge >= 0.3 is 0 Å². The van der Waals surface area contributed by atoms with Crippen molar-refractivity contribution in [2.75, 3.05) is 13.6 Å². The zero-order valence-electron chi connectivity index (χ0n) is 11.6. The van der Waals surface area contributed by atoms with E-state index in [1.165, 1.54) is 5.56 Å². The molecule has 0 aliphatic carbocycles. The van der Waals surface area contributed by atoms with Crippen molar-refractivity contribution in [2.24, 2.45) is 5.73 Å². The number of halogens is 1. The second-order valence-corrected chi connectivity index (χ2v) is 7.28. The summed E-state index contributed by atoms with van der Waals surface area (Å²) in [7, 11) is 2.01. The number of carbonyl (C=O) groups excluding carboxylic acids is 1. The topological polar surface area (TPSA) is 58.4 Å². The number of thiophene rings is 1. The maximum Gasteiger partial charge on any atom is 0.221 e. The fourth-order valence-electron chi connectivity index (χ4n) is 1.86. The van der Waals surface area contributed by atoms with Crippen LogP contribution in [0.5, 0.6) is 0 Å². The van der Waals surface area contributed by atoms with E-state index in [0.29, 0.717) is 13.0 Å². The molecule has 0 aliphatic rings. The molecule has 3 N–H and O–H groups in total. The van der Waals surface area contributed by atoms with Gasteiger partial charge in [0.2, 0.25) is 5.91 Å². The fraction of sp³-hybridized carbons (Fsp3) is 0.615. The SMILES string of the molecule is CC(C)NC(=O)CC(CN)N(C)Cc1csc(Br)c1. The molecular weight excluding hydrogens is 326 g/mol. The molecule has 4 nitrogen and oxygen atoms in total. The van der Waals surface area contributed by atoms with E-state index >= 15 is 0 Å². The van der Waals surface area contributed by atoms with Gasteiger partial charge in [0.25, 0.3) is 0 Å². The molecule has 6 heteroatoms. The van der Waals surface area contributed by atoms with Crippen LogP contribution in [-0.2, 0) is 11.3 Å². The smallest absolute Gasteiger partial charge is 0.221 e. The Balaban J connectivity index is 2.51. The van der Waals surface area contributed by atoms with Crippen molar-refractivity contribution < 1.29 is 4.79 Å². The normalized spacial score (nSPS) is 13.0. The van der Waals surface area contributed by atoms with Gasteiger partial charge in [-0.15, -0.1) is 11.3 Å². The number of nitrogens with zero attached hydrogens (tertiary/aromatic N) is 1. The molecule has 108 valence electrons. The first-order valence-corrected chi connectivity index (χ1v) is 8.02. The number of hydrogen-bond acceptors (Lipinski definition) is 4. The zero-order valence-corrected chi connectivity index (χ0v) is 14.1. The molecule has 1 aromatic rings. The van der Waals surface area contributed by atoms with E-state index < -0.39 is 0 Å². The third-order valence-corrected chi connectivity index (χ3v) is 4.37. The molecule has 0 aromatic carbocycles. The first-order valence-electron chi connectivity index (χ1n) is 6.35. The van der Waals surface area contributed by atoms with E-state index in [-0.39, 0.29) is 18.0 Å². The Bertz CT molecular complexity index is 408. The second-order valence-electron chi connectivity index (χ2n) is 4.99. The van der Waals surface area contributed by atoms with Crippen LogP contribution in [0.3, 0.4) is 0 Å². The maximum atomic E-state index is 11.8. The van der Waals surface area contributed by atoms with Crippen LogP contribution < -0.4 is 11.1 Å². The molecule has 1 unspecified atom stereocenters. The number of hydrogen-bond donors (Lipinski definition) is 2. The summed E-state index contributed by atoms with van der Waals surface area (Å²) in [5, 5.41) is 5.02. The fourth-order valence-corrected chi connectivity index (χ4v) is 3.06. The van der Waals surface area contributed by atoms with Crippen LogP contribution in [0.25, 0.3) is 0 Å². The van der Waals surface area contributed by atoms with E-state index in [2.05, 4.69) is 37.6 Å². The van der Waals surface area contributed by atoms with E-state index in [1.807, 2.05) is 20.9 Å². The molecule has 1 atom stereocenters. The molecule has 1 rings (SSSR count). The van der Waals surface area contributed by atoms with Crippen molar-refractivity contribution in [1.29, 1.82) is 0 Å². The number of likely N-dealkylation sites (N-methyl/N-ethyl adjacent to an activating group) is 1. The minimum atomic E-state index is 0.0591. The maximum absolute atomic E-state index is 11.8. The molecule has 0 saturated heterocycles. The highest BCUT2D eigenvalue weighted by Gasteiger charge is 2.18. The Labute approximate surface area is 127 Å². The van der Waals surface area contributed by atoms with E-state index in [1.54, 1.807) is 11.3 Å². The van der Waals surface area contributed by atoms with Crippen LogP contribution >= 0.6 is 27.3 Å². The first kappa shape index (κ1) is 16.6. The second kappa shape index (κ2) is 7.99. The highest BCUT2D eigenvalue weighted by atomic mass is 79.9. The van der Waals surface area contributed by atoms with Crippen molar-refractivity contribution in [3.8, 4) is 0 Å². The molecule has 0 spiro atoms. The Morgan fingerprint density at radius 2 is 2.26 bits per heavy atom. The third-order valence-electron chi connectivity index (χ3n) is 2.82. The van der Waals surface area contributed by atoms with Gasteiger partial charge in [-0.25, -0.2) is 0 Å². The van der Waals surface area contributed by atoms with Crippen LogP contribution in [0.15, 0.2) is 15.2 Å². The molecule has 1 heterocycles. The number of amides is 1. The van der Waals surface area contributed by atoms with Crippen LogP contribution in [0, 0.1) is 0 Å². The summed E-state index contributed by atoms with van der Waals surface area (Å²) < 4.78 is 1.12. The number of nitrogens with one attached hydrogen (secondary N) is 1. The summed E-state index contributed by atoms with van der Waals surface area (Å²) in [6.45, 7) is 5.20. The van der Waals surface area contributed by atoms with E-state index in [9.17, 15) is 4.79 Å². The van der Waals surface area contributed by atoms with Gasteiger partial charge < -0.3 is 11.1 Å². The summed E-state index contributed by atoms with van der Waals surface area (Å²) in [5.41, 5.74) is 7.02. The Morgan fingerprint density at radius 3 is 2.74 bits per heavy atom. The molecule has 1 amide bonds. The molecule has 19 heavy (non-hydrogen) atoms. The molecule has 0 bridgehead atoms. The Hall–Kier alpha value is -0.430. The van der Waals surface area contributed by atoms with Crippen LogP contribution in [0.4, 0.5) is 0 Å². The predicted molar refractivity (Wildman–Crippen MR) is 84.2 cm³/mol. The largest absolute Gasteiger partial charge is 0.354 e. The van der Waals surface area contributed by atoms with Crippen molar-refractivity contribution in [1.82, 2.24) is 10.2 Å². The summed E-state index contributed by atoms with van der Waals surface area (Å²) in [6, 6.07) is 2.34. The van der Waals surface area contributed by atoms with Crippen molar-refractivity contribution >= 4 is 33.2 Å². The lowest BCUT2D eigenvalue weighted by Crippen LogP contribution is -2.42. The minimum Gasteiger partial charge on any atom is -0.354 e. The van der Waals surface area contributed by atoms with Gasteiger partial charge in [0.15, 0.2) is 0 Å². The van der Waals surface area contributed by atoms with Crippen molar-refractivity contribution in [3.63, 3.8) is 0 Å². The van der Waals surface area contributed by atoms with Crippen LogP contribution in [-0.4, -0.2) is 36.5 Å². The lowest BCUT2D eigenvalue weighted by Gasteiger charge is -2.26. The third kappa shape index (κ3) is 6.03. The van der Waals surface area contributed by atoms with Crippen LogP contribution in [0.2, 0.25) is 0 Å². The summed E-state index contributed by atoms with van der Waals surface area (Å²) in [4.78, 5) is 13.9. The number of carbonyl (C=O) groups is 1. The van der Waals surface area contributed by atoms with E-state index in [0.717, 1.165) is 10.3 Å². The van der Waals surface area contributed by atoms with Gasteiger partial charge in [-0.3, -0.25) is 9.69 Å². The molecule has 1 aromatic heterocycles. The standard InChI is InChI=1S/C13H22BrN3OS/c1-9(2)16-13(18)5-11(6-15)17(3)7-10-4-12(14)19-8-10/h4,8-9,11H,5-7,15H2,1-3H3,(H,16,18). The zero-order chi connectivity index (χ0) is 14.4. The molecule has 0 fully saturated rings. The molecular formula is C13H22BrN3OS. The van der Waals surface area contributed by atoms with Gasteiger partial charge in [-0.1, -0.05) is 0 Å². The molecule has 0 saturated carbocycles. The van der Waals surface area contributed by atoms with Crippen molar-refractivity contribution in [2.45, 2.75) is 38.9 Å². The summed E-state index contributed by atoms with van der Waals surface area (Å²) in [5.74, 6) is 0.0591. The average molecular weight is 348 g/mol. The average Bonchev–Trinajstić information content (AvgIpc) is 2.70. The van der Waals surface area contributed by atoms with E-state index in [4.69, 9.17) is 5.73 Å². The van der Waals surface area contributed by atoms with Crippen LogP contribution in [0.1, 0.15) is 25.8 Å². The Kier molecular flexibility index (Phi) is 6.99.